The van der Waals surface area contributed by atoms with E-state index in [0.717, 1.165) is 61.4 Å². The number of aromatic amines is 1. The molecule has 0 aliphatic carbocycles. The molecular formula is C26H34N6O. The number of anilines is 1. The molecule has 0 bridgehead atoms. The van der Waals surface area contributed by atoms with Crippen LogP contribution < -0.4 is 15.0 Å². The highest BCUT2D eigenvalue weighted by Crippen LogP contribution is 2.27. The second-order valence-corrected chi connectivity index (χ2v) is 8.46. The summed E-state index contributed by atoms with van der Waals surface area (Å²) < 4.78 is 5.38. The maximum Gasteiger partial charge on any atom is 0.194 e. The average Bonchev–Trinajstić information content (AvgIpc) is 3.52. The number of aliphatic imine (C=N–C) groups is 1. The molecule has 2 aromatic carbocycles. The van der Waals surface area contributed by atoms with Gasteiger partial charge in [-0.25, -0.2) is 4.98 Å². The van der Waals surface area contributed by atoms with Crippen molar-refractivity contribution in [3.8, 4) is 17.0 Å². The van der Waals surface area contributed by atoms with E-state index in [1.54, 1.807) is 7.11 Å². The molecular weight excluding hydrogens is 412 g/mol. The number of nitrogens with zero attached hydrogens (tertiary/aromatic N) is 4. The number of aromatic nitrogens is 2. The Balaban J connectivity index is 1.36. The second kappa shape index (κ2) is 10.9. The third kappa shape index (κ3) is 5.86. The van der Waals surface area contributed by atoms with Gasteiger partial charge in [-0.15, -0.1) is 0 Å². The van der Waals surface area contributed by atoms with E-state index in [-0.39, 0.29) is 0 Å². The maximum absolute atomic E-state index is 5.38. The molecule has 174 valence electrons. The summed E-state index contributed by atoms with van der Waals surface area (Å²) in [5, 5.41) is 3.43. The van der Waals surface area contributed by atoms with Gasteiger partial charge in [0.05, 0.1) is 25.5 Å². The van der Waals surface area contributed by atoms with E-state index in [9.17, 15) is 0 Å². The number of imidazole rings is 1. The molecule has 0 radical (unpaired) electrons. The summed E-state index contributed by atoms with van der Waals surface area (Å²) in [5.74, 6) is 3.27. The lowest BCUT2D eigenvalue weighted by molar-refractivity contribution is 0.415. The Bertz CT molecular complexity index is 1050. The summed E-state index contributed by atoms with van der Waals surface area (Å²) in [6, 6.07) is 18.6. The van der Waals surface area contributed by atoms with Gasteiger partial charge >= 0.3 is 0 Å². The summed E-state index contributed by atoms with van der Waals surface area (Å²) in [5.41, 5.74) is 3.39. The van der Waals surface area contributed by atoms with E-state index < -0.39 is 0 Å². The Morgan fingerprint density at radius 1 is 1.24 bits per heavy atom. The summed E-state index contributed by atoms with van der Waals surface area (Å²) in [6.07, 6.45) is 3.04. The van der Waals surface area contributed by atoms with E-state index in [4.69, 9.17) is 9.73 Å². The first-order chi connectivity index (χ1) is 16.2. The largest absolute Gasteiger partial charge is 0.497 e. The molecule has 1 aliphatic heterocycles. The van der Waals surface area contributed by atoms with Crippen molar-refractivity contribution in [2.75, 3.05) is 45.2 Å². The van der Waals surface area contributed by atoms with Gasteiger partial charge in [-0.1, -0.05) is 36.4 Å². The normalized spacial score (nSPS) is 16.2. The number of nitrogens with one attached hydrogen (secondary N) is 2. The van der Waals surface area contributed by atoms with Crippen LogP contribution in [0.5, 0.6) is 5.75 Å². The van der Waals surface area contributed by atoms with Gasteiger partial charge in [-0.2, -0.15) is 0 Å². The fourth-order valence-corrected chi connectivity index (χ4v) is 4.22. The number of guanidine groups is 1. The van der Waals surface area contributed by atoms with Crippen molar-refractivity contribution in [2.24, 2.45) is 10.9 Å². The quantitative estimate of drug-likeness (QED) is 0.404. The van der Waals surface area contributed by atoms with Crippen LogP contribution >= 0.6 is 0 Å². The van der Waals surface area contributed by atoms with E-state index in [1.165, 1.54) is 5.69 Å². The molecule has 3 aromatic rings. The van der Waals surface area contributed by atoms with Crippen LogP contribution in [0.25, 0.3) is 11.3 Å². The minimum absolute atomic E-state index is 0.534. The highest BCUT2D eigenvalue weighted by atomic mass is 16.5. The van der Waals surface area contributed by atoms with Crippen LogP contribution in [0.15, 0.2) is 65.8 Å². The van der Waals surface area contributed by atoms with E-state index in [0.29, 0.717) is 12.5 Å². The van der Waals surface area contributed by atoms with Crippen molar-refractivity contribution in [3.63, 3.8) is 0 Å². The third-order valence-corrected chi connectivity index (χ3v) is 6.00. The molecule has 33 heavy (non-hydrogen) atoms. The van der Waals surface area contributed by atoms with Crippen LogP contribution in [0.4, 0.5) is 5.69 Å². The summed E-state index contributed by atoms with van der Waals surface area (Å²) in [7, 11) is 3.77. The minimum atomic E-state index is 0.534. The lowest BCUT2D eigenvalue weighted by Crippen LogP contribution is -2.39. The molecule has 1 aromatic heterocycles. The highest BCUT2D eigenvalue weighted by molar-refractivity contribution is 5.79. The second-order valence-electron chi connectivity index (χ2n) is 8.46. The zero-order chi connectivity index (χ0) is 23.0. The molecule has 1 saturated heterocycles. The maximum atomic E-state index is 5.38. The number of H-pyrrole nitrogens is 1. The van der Waals surface area contributed by atoms with Gasteiger partial charge in [0.25, 0.3) is 0 Å². The lowest BCUT2D eigenvalue weighted by Gasteiger charge is -2.22. The monoisotopic (exact) mass is 446 g/mol. The van der Waals surface area contributed by atoms with Crippen LogP contribution in [0, 0.1) is 5.92 Å². The van der Waals surface area contributed by atoms with Crippen molar-refractivity contribution < 1.29 is 4.74 Å². The van der Waals surface area contributed by atoms with Gasteiger partial charge in [0.2, 0.25) is 0 Å². The fourth-order valence-electron chi connectivity index (χ4n) is 4.22. The standard InChI is InChI=1S/C26H34N6O/c1-4-27-26(31(2)19-25-28-17-24(30-25)21-9-6-5-7-10-21)29-16-20-13-14-32(18-20)22-11-8-12-23(15-22)33-3/h5-12,15,17,20H,4,13-14,16,18-19H2,1-3H3,(H,27,29)(H,28,30). The van der Waals surface area contributed by atoms with Crippen LogP contribution in [0.3, 0.4) is 0 Å². The van der Waals surface area contributed by atoms with E-state index in [2.05, 4.69) is 69.4 Å². The SMILES string of the molecule is CCNC(=NCC1CCN(c2cccc(OC)c2)C1)N(C)Cc1ncc(-c2ccccc2)[nH]1. The topological polar surface area (TPSA) is 68.8 Å². The van der Waals surface area contributed by atoms with Gasteiger partial charge in [0.15, 0.2) is 5.96 Å². The number of rotatable bonds is 8. The Morgan fingerprint density at radius 3 is 2.88 bits per heavy atom. The first-order valence-electron chi connectivity index (χ1n) is 11.6. The molecule has 4 rings (SSSR count). The molecule has 0 saturated carbocycles. The molecule has 2 N–H and O–H groups in total. The summed E-state index contributed by atoms with van der Waals surface area (Å²) in [4.78, 5) is 17.5. The highest BCUT2D eigenvalue weighted by Gasteiger charge is 2.23. The van der Waals surface area contributed by atoms with Crippen molar-refractivity contribution >= 4 is 11.6 Å². The van der Waals surface area contributed by atoms with Crippen molar-refractivity contribution in [3.05, 3.63) is 66.6 Å². The lowest BCUT2D eigenvalue weighted by atomic mass is 10.1. The van der Waals surface area contributed by atoms with Crippen molar-refractivity contribution in [1.29, 1.82) is 0 Å². The van der Waals surface area contributed by atoms with Crippen LogP contribution in [0.1, 0.15) is 19.2 Å². The van der Waals surface area contributed by atoms with Gasteiger partial charge in [0, 0.05) is 45.0 Å². The smallest absolute Gasteiger partial charge is 0.194 e. The first-order valence-corrected chi connectivity index (χ1v) is 11.6. The fraction of sp³-hybridized carbons (Fsp3) is 0.385. The van der Waals surface area contributed by atoms with Crippen LogP contribution in [-0.4, -0.2) is 61.2 Å². The molecule has 1 aliphatic rings. The molecule has 7 nitrogen and oxygen atoms in total. The Labute approximate surface area is 196 Å². The van der Waals surface area contributed by atoms with Gasteiger partial charge in [-0.3, -0.25) is 4.99 Å². The zero-order valence-corrected chi connectivity index (χ0v) is 19.8. The summed E-state index contributed by atoms with van der Waals surface area (Å²) >= 11 is 0. The number of methoxy groups -OCH3 is 1. The van der Waals surface area contributed by atoms with Crippen molar-refractivity contribution in [1.82, 2.24) is 20.2 Å². The predicted octanol–water partition coefficient (Wildman–Crippen LogP) is 4.01. The molecule has 1 fully saturated rings. The van der Waals surface area contributed by atoms with E-state index in [1.807, 2.05) is 30.5 Å². The third-order valence-electron chi connectivity index (χ3n) is 6.00. The molecule has 7 heteroatoms. The number of ether oxygens (including phenoxy) is 1. The zero-order valence-electron chi connectivity index (χ0n) is 19.8. The molecule has 0 spiro atoms. The number of benzene rings is 2. The first kappa shape index (κ1) is 22.7. The molecule has 2 heterocycles. The summed E-state index contributed by atoms with van der Waals surface area (Å²) in [6.45, 7) is 6.47. The van der Waals surface area contributed by atoms with Gasteiger partial charge < -0.3 is 24.8 Å². The van der Waals surface area contributed by atoms with E-state index >= 15 is 0 Å². The van der Waals surface area contributed by atoms with Gasteiger partial charge in [0.1, 0.15) is 11.6 Å². The van der Waals surface area contributed by atoms with Crippen molar-refractivity contribution in [2.45, 2.75) is 19.9 Å². The molecule has 1 unspecified atom stereocenters. The number of hydrogen-bond acceptors (Lipinski definition) is 4. The Hall–Kier alpha value is -3.48. The number of hydrogen-bond donors (Lipinski definition) is 2. The average molecular weight is 447 g/mol. The van der Waals surface area contributed by atoms with Gasteiger partial charge in [-0.05, 0) is 37.0 Å². The Kier molecular flexibility index (Phi) is 7.50. The van der Waals surface area contributed by atoms with Crippen LogP contribution in [-0.2, 0) is 6.54 Å². The minimum Gasteiger partial charge on any atom is -0.497 e. The Morgan fingerprint density at radius 2 is 2.09 bits per heavy atom. The molecule has 1 atom stereocenters. The van der Waals surface area contributed by atoms with Crippen LogP contribution in [0.2, 0.25) is 0 Å². The predicted molar refractivity (Wildman–Crippen MR) is 135 cm³/mol. The molecule has 0 amide bonds.